The van der Waals surface area contributed by atoms with E-state index in [1.54, 1.807) is 0 Å². The van der Waals surface area contributed by atoms with Crippen molar-refractivity contribution in [3.05, 3.63) is 23.3 Å². The molecule has 0 spiro atoms. The second kappa shape index (κ2) is 6.01. The van der Waals surface area contributed by atoms with Crippen LogP contribution in [0.2, 0.25) is 0 Å². The molecule has 1 N–H and O–H groups in total. The first-order chi connectivity index (χ1) is 5.57. The van der Waals surface area contributed by atoms with Crippen LogP contribution >= 0.6 is 0 Å². The van der Waals surface area contributed by atoms with Crippen molar-refractivity contribution < 1.29 is 5.11 Å². The topological polar surface area (TPSA) is 20.2 Å². The second-order valence-electron chi connectivity index (χ2n) is 3.55. The molecule has 0 saturated heterocycles. The lowest BCUT2D eigenvalue weighted by Gasteiger charge is -2.09. The highest BCUT2D eigenvalue weighted by Crippen LogP contribution is 2.14. The molecule has 0 amide bonds. The van der Waals surface area contributed by atoms with E-state index in [1.165, 1.54) is 11.1 Å². The highest BCUT2D eigenvalue weighted by molar-refractivity contribution is 5.05. The monoisotopic (exact) mass is 168 g/mol. The van der Waals surface area contributed by atoms with E-state index in [2.05, 4.69) is 33.8 Å². The van der Waals surface area contributed by atoms with E-state index < -0.39 is 0 Å². The molecule has 0 rings (SSSR count). The van der Waals surface area contributed by atoms with Crippen LogP contribution in [0, 0.1) is 5.92 Å². The Morgan fingerprint density at radius 1 is 1.25 bits per heavy atom. The summed E-state index contributed by atoms with van der Waals surface area (Å²) in [6.45, 7) is 8.63. The van der Waals surface area contributed by atoms with Gasteiger partial charge in [0.05, 0.1) is 6.61 Å². The highest BCUT2D eigenvalue weighted by Gasteiger charge is 2.00. The molecule has 0 bridgehead atoms. The first-order valence-electron chi connectivity index (χ1n) is 4.48. The number of aliphatic hydroxyl groups excluding tert-OH is 1. The first-order valence-corrected chi connectivity index (χ1v) is 4.48. The molecule has 12 heavy (non-hydrogen) atoms. The molecule has 0 saturated carbocycles. The minimum atomic E-state index is 0.158. The highest BCUT2D eigenvalue weighted by atomic mass is 16.2. The molecular formula is C11H20O. The Kier molecular flexibility index (Phi) is 5.73. The molecule has 70 valence electrons. The number of allylic oxidation sites excluding steroid dienone is 3. The van der Waals surface area contributed by atoms with Crippen molar-refractivity contribution >= 4 is 0 Å². The Balaban J connectivity index is 3.95. The third kappa shape index (κ3) is 5.14. The van der Waals surface area contributed by atoms with E-state index >= 15 is 0 Å². The van der Waals surface area contributed by atoms with Gasteiger partial charge in [0.2, 0.25) is 0 Å². The molecule has 0 heterocycles. The number of hydrogen-bond donors (Lipinski definition) is 1. The summed E-state index contributed by atoms with van der Waals surface area (Å²) in [5.74, 6) is 0.548. The lowest BCUT2D eigenvalue weighted by molar-refractivity contribution is 0.340. The predicted octanol–water partition coefficient (Wildman–Crippen LogP) is 2.92. The van der Waals surface area contributed by atoms with Gasteiger partial charge in [-0.3, -0.25) is 0 Å². The standard InChI is InChI=1S/C11H20O/c1-9(2)5-6-10(3)11(4)7-8-12/h5,7,10,12H,6,8H2,1-4H3/b11-7+. The summed E-state index contributed by atoms with van der Waals surface area (Å²) < 4.78 is 0. The van der Waals surface area contributed by atoms with Gasteiger partial charge in [0.15, 0.2) is 0 Å². The Morgan fingerprint density at radius 2 is 1.83 bits per heavy atom. The number of rotatable bonds is 4. The zero-order valence-electron chi connectivity index (χ0n) is 8.59. The fourth-order valence-electron chi connectivity index (χ4n) is 0.944. The number of aliphatic hydroxyl groups is 1. The molecule has 0 aliphatic heterocycles. The van der Waals surface area contributed by atoms with Gasteiger partial charge in [0.1, 0.15) is 0 Å². The normalized spacial score (nSPS) is 14.2. The van der Waals surface area contributed by atoms with Crippen LogP contribution in [0.25, 0.3) is 0 Å². The van der Waals surface area contributed by atoms with Crippen molar-refractivity contribution in [1.29, 1.82) is 0 Å². The summed E-state index contributed by atoms with van der Waals surface area (Å²) in [7, 11) is 0. The Morgan fingerprint density at radius 3 is 2.25 bits per heavy atom. The predicted molar refractivity (Wildman–Crippen MR) is 54.1 cm³/mol. The summed E-state index contributed by atoms with van der Waals surface area (Å²) in [5, 5.41) is 8.67. The molecule has 0 aromatic heterocycles. The lowest BCUT2D eigenvalue weighted by atomic mass is 9.98. The van der Waals surface area contributed by atoms with Crippen molar-refractivity contribution in [2.24, 2.45) is 5.92 Å². The molecule has 1 atom stereocenters. The van der Waals surface area contributed by atoms with E-state index in [-0.39, 0.29) is 6.61 Å². The van der Waals surface area contributed by atoms with Crippen molar-refractivity contribution in [2.75, 3.05) is 6.61 Å². The van der Waals surface area contributed by atoms with Crippen LogP contribution in [0.1, 0.15) is 34.1 Å². The summed E-state index contributed by atoms with van der Waals surface area (Å²) in [6, 6.07) is 0. The largest absolute Gasteiger partial charge is 0.392 e. The third-order valence-corrected chi connectivity index (χ3v) is 2.07. The molecule has 0 radical (unpaired) electrons. The van der Waals surface area contributed by atoms with Crippen LogP contribution in [-0.2, 0) is 0 Å². The smallest absolute Gasteiger partial charge is 0.0615 e. The molecule has 0 aromatic carbocycles. The van der Waals surface area contributed by atoms with Crippen molar-refractivity contribution in [1.82, 2.24) is 0 Å². The quantitative estimate of drug-likeness (QED) is 0.640. The zero-order valence-corrected chi connectivity index (χ0v) is 8.59. The van der Waals surface area contributed by atoms with Gasteiger partial charge in [-0.05, 0) is 33.1 Å². The Bertz CT molecular complexity index is 173. The fraction of sp³-hybridized carbons (Fsp3) is 0.636. The van der Waals surface area contributed by atoms with Crippen molar-refractivity contribution in [3.8, 4) is 0 Å². The van der Waals surface area contributed by atoms with Crippen LogP contribution < -0.4 is 0 Å². The van der Waals surface area contributed by atoms with E-state index in [4.69, 9.17) is 5.11 Å². The first kappa shape index (κ1) is 11.4. The third-order valence-electron chi connectivity index (χ3n) is 2.07. The molecule has 0 aliphatic rings. The van der Waals surface area contributed by atoms with E-state index in [0.29, 0.717) is 5.92 Å². The van der Waals surface area contributed by atoms with Gasteiger partial charge >= 0.3 is 0 Å². The van der Waals surface area contributed by atoms with Crippen LogP contribution in [0.4, 0.5) is 0 Å². The fourth-order valence-corrected chi connectivity index (χ4v) is 0.944. The second-order valence-corrected chi connectivity index (χ2v) is 3.55. The Labute approximate surface area is 75.8 Å². The molecule has 0 fully saturated rings. The average Bonchev–Trinajstić information content (AvgIpc) is 2.00. The van der Waals surface area contributed by atoms with E-state index in [9.17, 15) is 0 Å². The molecule has 1 heteroatoms. The minimum absolute atomic E-state index is 0.158. The maximum absolute atomic E-state index is 8.67. The van der Waals surface area contributed by atoms with Crippen LogP contribution in [0.5, 0.6) is 0 Å². The van der Waals surface area contributed by atoms with Gasteiger partial charge in [0.25, 0.3) is 0 Å². The van der Waals surface area contributed by atoms with Gasteiger partial charge < -0.3 is 5.11 Å². The van der Waals surface area contributed by atoms with Gasteiger partial charge in [-0.25, -0.2) is 0 Å². The summed E-state index contributed by atoms with van der Waals surface area (Å²) in [5.41, 5.74) is 2.63. The molecule has 1 unspecified atom stereocenters. The summed E-state index contributed by atoms with van der Waals surface area (Å²) >= 11 is 0. The summed E-state index contributed by atoms with van der Waals surface area (Å²) in [6.07, 6.45) is 5.19. The lowest BCUT2D eigenvalue weighted by Crippen LogP contribution is -1.95. The van der Waals surface area contributed by atoms with Crippen molar-refractivity contribution in [3.63, 3.8) is 0 Å². The van der Waals surface area contributed by atoms with Crippen LogP contribution in [-0.4, -0.2) is 11.7 Å². The van der Waals surface area contributed by atoms with E-state index in [0.717, 1.165) is 6.42 Å². The SMILES string of the molecule is CC(C)=CCC(C)/C(C)=C/CO. The van der Waals surface area contributed by atoms with Crippen molar-refractivity contribution in [2.45, 2.75) is 34.1 Å². The van der Waals surface area contributed by atoms with Gasteiger partial charge in [-0.15, -0.1) is 0 Å². The van der Waals surface area contributed by atoms with Crippen LogP contribution in [0.3, 0.4) is 0 Å². The maximum atomic E-state index is 8.67. The minimum Gasteiger partial charge on any atom is -0.392 e. The average molecular weight is 168 g/mol. The van der Waals surface area contributed by atoms with E-state index in [1.807, 2.05) is 6.08 Å². The van der Waals surface area contributed by atoms with Gasteiger partial charge in [-0.1, -0.05) is 30.2 Å². The van der Waals surface area contributed by atoms with Crippen LogP contribution in [0.15, 0.2) is 23.3 Å². The zero-order chi connectivity index (χ0) is 9.56. The maximum Gasteiger partial charge on any atom is 0.0615 e. The molecule has 0 aliphatic carbocycles. The molecular weight excluding hydrogens is 148 g/mol. The number of hydrogen-bond acceptors (Lipinski definition) is 1. The van der Waals surface area contributed by atoms with Gasteiger partial charge in [-0.2, -0.15) is 0 Å². The summed E-state index contributed by atoms with van der Waals surface area (Å²) in [4.78, 5) is 0. The molecule has 1 nitrogen and oxygen atoms in total. The molecule has 0 aromatic rings. The van der Waals surface area contributed by atoms with Gasteiger partial charge in [0, 0.05) is 0 Å². The Hall–Kier alpha value is -0.560.